The maximum absolute atomic E-state index is 13.3. The molecular formula is C21H18ClFN4O2S. The normalized spacial score (nSPS) is 16.3. The third kappa shape index (κ3) is 4.49. The van der Waals surface area contributed by atoms with Crippen LogP contribution in [0.15, 0.2) is 48.5 Å². The third-order valence-electron chi connectivity index (χ3n) is 4.88. The van der Waals surface area contributed by atoms with Crippen LogP contribution >= 0.6 is 22.9 Å². The van der Waals surface area contributed by atoms with Gasteiger partial charge in [0, 0.05) is 24.7 Å². The second-order valence-corrected chi connectivity index (χ2v) is 8.40. The Morgan fingerprint density at radius 1 is 1.17 bits per heavy atom. The van der Waals surface area contributed by atoms with E-state index in [2.05, 4.69) is 15.5 Å². The maximum Gasteiger partial charge on any atom is 0.286 e. The first-order valence-corrected chi connectivity index (χ1v) is 10.6. The monoisotopic (exact) mass is 444 g/mol. The number of anilines is 1. The first kappa shape index (κ1) is 20.4. The molecule has 0 radical (unpaired) electrons. The molecule has 0 bridgehead atoms. The van der Waals surface area contributed by atoms with Crippen molar-refractivity contribution in [2.24, 2.45) is 0 Å². The van der Waals surface area contributed by atoms with Crippen molar-refractivity contribution in [3.05, 3.63) is 74.9 Å². The molecule has 0 saturated carbocycles. The van der Waals surface area contributed by atoms with E-state index in [0.717, 1.165) is 12.8 Å². The van der Waals surface area contributed by atoms with Crippen molar-refractivity contribution in [1.29, 1.82) is 0 Å². The van der Waals surface area contributed by atoms with Gasteiger partial charge in [-0.05, 0) is 43.2 Å². The Labute approximate surface area is 181 Å². The van der Waals surface area contributed by atoms with Crippen LogP contribution in [0, 0.1) is 5.82 Å². The van der Waals surface area contributed by atoms with Crippen molar-refractivity contribution in [1.82, 2.24) is 15.1 Å². The average molecular weight is 445 g/mol. The lowest BCUT2D eigenvalue weighted by Gasteiger charge is -2.31. The summed E-state index contributed by atoms with van der Waals surface area (Å²) in [5, 5.41) is 12.1. The molecule has 1 atom stereocenters. The zero-order chi connectivity index (χ0) is 21.1. The molecule has 3 aromatic rings. The highest BCUT2D eigenvalue weighted by atomic mass is 35.5. The van der Waals surface area contributed by atoms with E-state index >= 15 is 0 Å². The molecule has 30 heavy (non-hydrogen) atoms. The fourth-order valence-electron chi connectivity index (χ4n) is 3.41. The van der Waals surface area contributed by atoms with Crippen molar-refractivity contribution >= 4 is 40.4 Å². The molecule has 0 spiro atoms. The van der Waals surface area contributed by atoms with Gasteiger partial charge in [-0.25, -0.2) is 4.39 Å². The highest BCUT2D eigenvalue weighted by molar-refractivity contribution is 7.13. The number of nitrogens with one attached hydrogen (secondary N) is 1. The molecule has 9 heteroatoms. The summed E-state index contributed by atoms with van der Waals surface area (Å²) in [6, 6.07) is 12.6. The number of carbonyl (C=O) groups excluding carboxylic acids is 2. The van der Waals surface area contributed by atoms with Gasteiger partial charge >= 0.3 is 0 Å². The summed E-state index contributed by atoms with van der Waals surface area (Å²) in [5.41, 5.74) is 0.832. The van der Waals surface area contributed by atoms with E-state index in [4.69, 9.17) is 11.6 Å². The Balaban J connectivity index is 1.44. The Kier molecular flexibility index (Phi) is 6.06. The lowest BCUT2D eigenvalue weighted by molar-refractivity contribution is 0.0707. The molecule has 1 fully saturated rings. The van der Waals surface area contributed by atoms with Crippen molar-refractivity contribution in [2.75, 3.05) is 18.4 Å². The van der Waals surface area contributed by atoms with Crippen LogP contribution in [0.4, 0.5) is 10.1 Å². The van der Waals surface area contributed by atoms with Crippen molar-refractivity contribution in [3.8, 4) is 0 Å². The van der Waals surface area contributed by atoms with Crippen LogP contribution in [-0.2, 0) is 0 Å². The number of likely N-dealkylation sites (tertiary alicyclic amines) is 1. The third-order valence-corrected chi connectivity index (χ3v) is 6.29. The molecule has 4 rings (SSSR count). The summed E-state index contributed by atoms with van der Waals surface area (Å²) in [5.74, 6) is -0.988. The Bertz CT molecular complexity index is 1090. The Morgan fingerprint density at radius 2 is 2.00 bits per heavy atom. The van der Waals surface area contributed by atoms with Gasteiger partial charge in [-0.1, -0.05) is 41.1 Å². The number of hydrogen-bond donors (Lipinski definition) is 1. The molecule has 1 aromatic heterocycles. The van der Waals surface area contributed by atoms with Crippen molar-refractivity contribution in [2.45, 2.75) is 18.8 Å². The zero-order valence-electron chi connectivity index (χ0n) is 15.8. The molecule has 2 amide bonds. The number of nitrogens with zero attached hydrogens (tertiary/aromatic N) is 3. The van der Waals surface area contributed by atoms with Gasteiger partial charge in [-0.15, -0.1) is 10.2 Å². The van der Waals surface area contributed by atoms with E-state index in [0.29, 0.717) is 34.4 Å². The molecule has 2 aromatic carbocycles. The van der Waals surface area contributed by atoms with Gasteiger partial charge in [0.2, 0.25) is 5.01 Å². The van der Waals surface area contributed by atoms with Crippen molar-refractivity contribution in [3.63, 3.8) is 0 Å². The molecule has 2 heterocycles. The molecule has 1 N–H and O–H groups in total. The standard InChI is InChI=1S/C21H18ClFN4O2S/c22-17-9-2-1-8-16(17)21(29)27-10-4-5-13(12-27)19-25-26-20(30-19)18(28)24-15-7-3-6-14(23)11-15/h1-3,6-9,11,13H,4-5,10,12H2,(H,24,28)/t13-/m1/s1. The predicted octanol–water partition coefficient (Wildman–Crippen LogP) is 4.60. The number of amides is 2. The quantitative estimate of drug-likeness (QED) is 0.638. The maximum atomic E-state index is 13.3. The molecule has 1 aliphatic heterocycles. The fourth-order valence-corrected chi connectivity index (χ4v) is 4.49. The second kappa shape index (κ2) is 8.89. The van der Waals surface area contributed by atoms with Crippen LogP contribution in [0.1, 0.15) is 43.9 Å². The lowest BCUT2D eigenvalue weighted by atomic mass is 9.98. The molecule has 154 valence electrons. The predicted molar refractivity (Wildman–Crippen MR) is 114 cm³/mol. The number of hydrogen-bond acceptors (Lipinski definition) is 5. The molecule has 1 saturated heterocycles. The van der Waals surface area contributed by atoms with E-state index < -0.39 is 11.7 Å². The zero-order valence-corrected chi connectivity index (χ0v) is 17.4. The van der Waals surface area contributed by atoms with Crippen LogP contribution < -0.4 is 5.32 Å². The Morgan fingerprint density at radius 3 is 2.80 bits per heavy atom. The van der Waals surface area contributed by atoms with E-state index in [-0.39, 0.29) is 16.8 Å². The summed E-state index contributed by atoms with van der Waals surface area (Å²) in [4.78, 5) is 27.0. The van der Waals surface area contributed by atoms with Crippen LogP contribution in [0.2, 0.25) is 5.02 Å². The van der Waals surface area contributed by atoms with Crippen LogP contribution in [0.3, 0.4) is 0 Å². The molecule has 6 nitrogen and oxygen atoms in total. The minimum Gasteiger partial charge on any atom is -0.338 e. The minimum atomic E-state index is -0.441. The first-order chi connectivity index (χ1) is 14.5. The van der Waals surface area contributed by atoms with Crippen molar-refractivity contribution < 1.29 is 14.0 Å². The smallest absolute Gasteiger partial charge is 0.286 e. The first-order valence-electron chi connectivity index (χ1n) is 9.45. The molecule has 0 aliphatic carbocycles. The lowest BCUT2D eigenvalue weighted by Crippen LogP contribution is -2.39. The van der Waals surface area contributed by atoms with Gasteiger partial charge < -0.3 is 10.2 Å². The van der Waals surface area contributed by atoms with E-state index in [9.17, 15) is 14.0 Å². The van der Waals surface area contributed by atoms with Gasteiger partial charge in [-0.2, -0.15) is 0 Å². The van der Waals surface area contributed by atoms with E-state index in [1.807, 2.05) is 0 Å². The van der Waals surface area contributed by atoms with E-state index in [1.54, 1.807) is 35.2 Å². The summed E-state index contributed by atoms with van der Waals surface area (Å²) in [6.07, 6.45) is 1.68. The SMILES string of the molecule is O=C(Nc1cccc(F)c1)c1nnc([C@@H]2CCCN(C(=O)c3ccccc3Cl)C2)s1. The van der Waals surface area contributed by atoms with Crippen LogP contribution in [0.25, 0.3) is 0 Å². The molecular weight excluding hydrogens is 427 g/mol. The van der Waals surface area contributed by atoms with Crippen LogP contribution in [0.5, 0.6) is 0 Å². The summed E-state index contributed by atoms with van der Waals surface area (Å²) in [6.45, 7) is 1.14. The summed E-state index contributed by atoms with van der Waals surface area (Å²) < 4.78 is 13.3. The minimum absolute atomic E-state index is 0.00147. The average Bonchev–Trinajstić information content (AvgIpc) is 3.24. The second-order valence-electron chi connectivity index (χ2n) is 6.98. The summed E-state index contributed by atoms with van der Waals surface area (Å²) >= 11 is 7.36. The number of aromatic nitrogens is 2. The number of rotatable bonds is 4. The molecule has 0 unspecified atom stereocenters. The largest absolute Gasteiger partial charge is 0.338 e. The topological polar surface area (TPSA) is 75.2 Å². The number of piperidine rings is 1. The van der Waals surface area contributed by atoms with Gasteiger partial charge in [0.15, 0.2) is 0 Å². The highest BCUT2D eigenvalue weighted by Gasteiger charge is 2.29. The van der Waals surface area contributed by atoms with Gasteiger partial charge in [0.1, 0.15) is 10.8 Å². The number of halogens is 2. The van der Waals surface area contributed by atoms with Gasteiger partial charge in [-0.3, -0.25) is 9.59 Å². The van der Waals surface area contributed by atoms with Crippen LogP contribution in [-0.4, -0.2) is 40.0 Å². The van der Waals surface area contributed by atoms with Gasteiger partial charge in [0.05, 0.1) is 10.6 Å². The number of carbonyl (C=O) groups is 2. The van der Waals surface area contributed by atoms with Gasteiger partial charge in [0.25, 0.3) is 11.8 Å². The fraction of sp³-hybridized carbons (Fsp3) is 0.238. The molecule has 1 aliphatic rings. The number of benzene rings is 2. The van der Waals surface area contributed by atoms with E-state index in [1.165, 1.54) is 29.5 Å². The Hall–Kier alpha value is -2.84. The highest BCUT2D eigenvalue weighted by Crippen LogP contribution is 2.30. The summed E-state index contributed by atoms with van der Waals surface area (Å²) in [7, 11) is 0.